The Bertz CT molecular complexity index is 346. The summed E-state index contributed by atoms with van der Waals surface area (Å²) in [6.45, 7) is 6.29. The van der Waals surface area contributed by atoms with Crippen LogP contribution in [-0.2, 0) is 6.42 Å². The van der Waals surface area contributed by atoms with E-state index >= 15 is 0 Å². The summed E-state index contributed by atoms with van der Waals surface area (Å²) in [5.41, 5.74) is 0.808. The van der Waals surface area contributed by atoms with Crippen molar-refractivity contribution in [3.05, 3.63) is 22.1 Å². The van der Waals surface area contributed by atoms with Crippen molar-refractivity contribution in [3.8, 4) is 0 Å². The maximum atomic E-state index is 11.2. The van der Waals surface area contributed by atoms with E-state index in [0.717, 1.165) is 23.0 Å². The molecule has 0 saturated heterocycles. The number of aromatic amines is 1. The van der Waals surface area contributed by atoms with Crippen LogP contribution in [0.15, 0.2) is 16.0 Å². The zero-order valence-corrected chi connectivity index (χ0v) is 9.65. The largest absolute Gasteiger partial charge is 0.301 e. The lowest BCUT2D eigenvalue weighted by atomic mass is 10.3. The minimum atomic E-state index is -0.0527. The van der Waals surface area contributed by atoms with Gasteiger partial charge in [0.2, 0.25) is 0 Å². The predicted molar refractivity (Wildman–Crippen MR) is 59.8 cm³/mol. The van der Waals surface area contributed by atoms with Crippen molar-refractivity contribution in [3.63, 3.8) is 0 Å². The lowest BCUT2D eigenvalue weighted by Crippen LogP contribution is -2.10. The van der Waals surface area contributed by atoms with Gasteiger partial charge in [0, 0.05) is 17.5 Å². The average Bonchev–Trinajstić information content (AvgIpc) is 2.14. The molecule has 0 amide bonds. The molecule has 3 nitrogen and oxygen atoms in total. The molecule has 0 aliphatic rings. The van der Waals surface area contributed by atoms with Crippen LogP contribution < -0.4 is 5.56 Å². The maximum absolute atomic E-state index is 11.2. The van der Waals surface area contributed by atoms with E-state index in [2.05, 4.69) is 23.8 Å². The Morgan fingerprint density at radius 2 is 2.29 bits per heavy atom. The van der Waals surface area contributed by atoms with Gasteiger partial charge in [0.15, 0.2) is 5.16 Å². The van der Waals surface area contributed by atoms with E-state index in [1.807, 2.05) is 6.92 Å². The molecule has 0 radical (unpaired) electrons. The first-order chi connectivity index (χ1) is 6.61. The molecule has 0 aliphatic heterocycles. The second-order valence-electron chi connectivity index (χ2n) is 3.60. The van der Waals surface area contributed by atoms with Gasteiger partial charge in [-0.15, -0.1) is 0 Å². The van der Waals surface area contributed by atoms with Gasteiger partial charge in [-0.25, -0.2) is 4.98 Å². The van der Waals surface area contributed by atoms with Crippen molar-refractivity contribution < 1.29 is 0 Å². The van der Waals surface area contributed by atoms with Gasteiger partial charge in [0.25, 0.3) is 5.56 Å². The fourth-order valence-corrected chi connectivity index (χ4v) is 1.82. The summed E-state index contributed by atoms with van der Waals surface area (Å²) in [6, 6.07) is 1.55. The quantitative estimate of drug-likeness (QED) is 0.614. The number of thioether (sulfide) groups is 1. The molecule has 1 rings (SSSR count). The van der Waals surface area contributed by atoms with Gasteiger partial charge in [0.05, 0.1) is 0 Å². The number of nitrogens with one attached hydrogen (secondary N) is 1. The van der Waals surface area contributed by atoms with Crippen LogP contribution in [0.1, 0.15) is 26.5 Å². The van der Waals surface area contributed by atoms with Gasteiger partial charge in [-0.2, -0.15) is 0 Å². The minimum absolute atomic E-state index is 0.0527. The molecular formula is C10H16N2OS. The molecule has 0 fully saturated rings. The van der Waals surface area contributed by atoms with E-state index in [-0.39, 0.29) is 5.56 Å². The molecule has 0 unspecified atom stereocenters. The van der Waals surface area contributed by atoms with Gasteiger partial charge in [0.1, 0.15) is 0 Å². The second-order valence-corrected chi connectivity index (χ2v) is 4.61. The Hall–Kier alpha value is -0.770. The normalized spacial score (nSPS) is 10.9. The van der Waals surface area contributed by atoms with E-state index in [0.29, 0.717) is 5.92 Å². The van der Waals surface area contributed by atoms with Gasteiger partial charge in [-0.3, -0.25) is 4.79 Å². The molecular weight excluding hydrogens is 196 g/mol. The highest BCUT2D eigenvalue weighted by atomic mass is 32.2. The van der Waals surface area contributed by atoms with Crippen LogP contribution in [0.5, 0.6) is 0 Å². The zero-order valence-electron chi connectivity index (χ0n) is 8.83. The number of nitrogens with zero attached hydrogens (tertiary/aromatic N) is 1. The van der Waals surface area contributed by atoms with Crippen molar-refractivity contribution >= 4 is 11.8 Å². The minimum Gasteiger partial charge on any atom is -0.301 e. The van der Waals surface area contributed by atoms with Crippen LogP contribution in [0.25, 0.3) is 0 Å². The first-order valence-electron chi connectivity index (χ1n) is 4.85. The van der Waals surface area contributed by atoms with E-state index in [1.165, 1.54) is 0 Å². The summed E-state index contributed by atoms with van der Waals surface area (Å²) >= 11 is 1.61. The Morgan fingerprint density at radius 1 is 1.57 bits per heavy atom. The Labute approximate surface area is 88.3 Å². The second kappa shape index (κ2) is 5.20. The fraction of sp³-hybridized carbons (Fsp3) is 0.600. The highest BCUT2D eigenvalue weighted by molar-refractivity contribution is 7.99. The molecule has 1 aromatic rings. The van der Waals surface area contributed by atoms with Gasteiger partial charge in [-0.1, -0.05) is 32.5 Å². The number of rotatable bonds is 4. The molecule has 0 aromatic carbocycles. The van der Waals surface area contributed by atoms with E-state index in [9.17, 15) is 4.79 Å². The van der Waals surface area contributed by atoms with Gasteiger partial charge in [-0.05, 0) is 12.3 Å². The maximum Gasteiger partial charge on any atom is 0.251 e. The third-order valence-corrected chi connectivity index (χ3v) is 2.99. The first kappa shape index (κ1) is 11.3. The van der Waals surface area contributed by atoms with E-state index < -0.39 is 0 Å². The lowest BCUT2D eigenvalue weighted by Gasteiger charge is -2.04. The first-order valence-corrected chi connectivity index (χ1v) is 5.83. The van der Waals surface area contributed by atoms with Crippen molar-refractivity contribution in [1.82, 2.24) is 9.97 Å². The van der Waals surface area contributed by atoms with Crippen LogP contribution >= 0.6 is 11.8 Å². The standard InChI is InChI=1S/C10H16N2OS/c1-4-8-5-9(13)12-10(11-8)14-6-7(2)3/h5,7H,4,6H2,1-3H3,(H,11,12,13). The summed E-state index contributed by atoms with van der Waals surface area (Å²) in [4.78, 5) is 18.3. The molecule has 0 bridgehead atoms. The molecule has 1 aromatic heterocycles. The fourth-order valence-electron chi connectivity index (χ4n) is 0.979. The van der Waals surface area contributed by atoms with E-state index in [1.54, 1.807) is 17.8 Å². The molecule has 1 N–H and O–H groups in total. The molecule has 0 atom stereocenters. The molecule has 1 heterocycles. The molecule has 0 saturated carbocycles. The van der Waals surface area contributed by atoms with Gasteiger partial charge < -0.3 is 4.98 Å². The summed E-state index contributed by atoms with van der Waals surface area (Å²) in [6.07, 6.45) is 0.805. The Morgan fingerprint density at radius 3 is 2.86 bits per heavy atom. The number of aryl methyl sites for hydroxylation is 1. The van der Waals surface area contributed by atoms with Crippen molar-refractivity contribution in [2.24, 2.45) is 5.92 Å². The van der Waals surface area contributed by atoms with Crippen LogP contribution in [0.4, 0.5) is 0 Å². The summed E-state index contributed by atoms with van der Waals surface area (Å²) in [7, 11) is 0. The highest BCUT2D eigenvalue weighted by Crippen LogP contribution is 2.14. The Balaban J connectivity index is 2.76. The van der Waals surface area contributed by atoms with Gasteiger partial charge >= 0.3 is 0 Å². The van der Waals surface area contributed by atoms with E-state index in [4.69, 9.17) is 0 Å². The number of hydrogen-bond acceptors (Lipinski definition) is 3. The van der Waals surface area contributed by atoms with Crippen LogP contribution in [0, 0.1) is 5.92 Å². The topological polar surface area (TPSA) is 45.8 Å². The third-order valence-electron chi connectivity index (χ3n) is 1.69. The average molecular weight is 212 g/mol. The third kappa shape index (κ3) is 3.54. The molecule has 14 heavy (non-hydrogen) atoms. The molecule has 0 spiro atoms. The summed E-state index contributed by atoms with van der Waals surface area (Å²) in [5.74, 6) is 1.59. The highest BCUT2D eigenvalue weighted by Gasteiger charge is 2.02. The smallest absolute Gasteiger partial charge is 0.251 e. The SMILES string of the molecule is CCc1cc(=O)[nH]c(SCC(C)C)n1. The van der Waals surface area contributed by atoms with Crippen molar-refractivity contribution in [1.29, 1.82) is 0 Å². The molecule has 78 valence electrons. The van der Waals surface area contributed by atoms with Crippen LogP contribution in [0.2, 0.25) is 0 Å². The van der Waals surface area contributed by atoms with Crippen molar-refractivity contribution in [2.75, 3.05) is 5.75 Å². The molecule has 4 heteroatoms. The number of H-pyrrole nitrogens is 1. The monoisotopic (exact) mass is 212 g/mol. The van der Waals surface area contributed by atoms with Crippen LogP contribution in [-0.4, -0.2) is 15.7 Å². The zero-order chi connectivity index (χ0) is 10.6. The molecule has 0 aliphatic carbocycles. The predicted octanol–water partition coefficient (Wildman–Crippen LogP) is 2.08. The summed E-state index contributed by atoms with van der Waals surface area (Å²) < 4.78 is 0. The number of aromatic nitrogens is 2. The summed E-state index contributed by atoms with van der Waals surface area (Å²) in [5, 5.41) is 0.739. The number of hydrogen-bond donors (Lipinski definition) is 1. The van der Waals surface area contributed by atoms with Crippen molar-refractivity contribution in [2.45, 2.75) is 32.3 Å². The van der Waals surface area contributed by atoms with Crippen LogP contribution in [0.3, 0.4) is 0 Å². The Kier molecular flexibility index (Phi) is 4.20. The lowest BCUT2D eigenvalue weighted by molar-refractivity contribution is 0.746.